The van der Waals surface area contributed by atoms with Crippen LogP contribution in [0.25, 0.3) is 94.1 Å². The third-order valence-electron chi connectivity index (χ3n) is 8.53. The number of para-hydroxylation sites is 6. The highest BCUT2D eigenvalue weighted by atomic mass is 15.1. The highest BCUT2D eigenvalue weighted by molar-refractivity contribution is 6.11. The van der Waals surface area contributed by atoms with E-state index in [9.17, 15) is 13.7 Å². The molecule has 4 aromatic heterocycles. The van der Waals surface area contributed by atoms with E-state index in [0.717, 1.165) is 13.7 Å². The zero-order chi connectivity index (χ0) is 58.7. The molecular formula is C47H31N5. The molecule has 0 atom stereocenters. The van der Waals surface area contributed by atoms with Crippen LogP contribution in [-0.4, -0.2) is 23.7 Å². The molecule has 7 aromatic carbocycles. The lowest BCUT2D eigenvalue weighted by Crippen LogP contribution is -2.07. The van der Waals surface area contributed by atoms with Crippen molar-refractivity contribution < 1.29 is 38.4 Å². The van der Waals surface area contributed by atoms with Crippen LogP contribution in [0.5, 0.6) is 0 Å². The summed E-state index contributed by atoms with van der Waals surface area (Å²) < 4.78 is 256. The molecule has 52 heavy (non-hydrogen) atoms. The molecule has 0 aliphatic rings. The largest absolute Gasteiger partial charge is 0.309 e. The van der Waals surface area contributed by atoms with E-state index in [-0.39, 0.29) is 10.9 Å². The van der Waals surface area contributed by atoms with Crippen molar-refractivity contribution in [1.82, 2.24) is 23.7 Å². The number of hydrogen-bond donors (Lipinski definition) is 0. The van der Waals surface area contributed by atoms with Crippen molar-refractivity contribution in [3.05, 3.63) is 175 Å². The Labute approximate surface area is 338 Å². The molecule has 0 spiro atoms. The monoisotopic (exact) mass is 693 g/mol. The number of hydrogen-bond acceptors (Lipinski definition) is 2. The predicted molar refractivity (Wildman–Crippen MR) is 215 cm³/mol. The SMILES string of the molecule is [2H]c1c(-n2c3c([2H])c([2H])c([2H])c([2H])c3c3c([2H])c([2H])c([2H])c([2H])c32)nc(-c2c([2H])c([2H])c([2H])c([2H])c2-n2c3c([2H])c([2H])c([2H])c([2H])c3c3c([2H])c([2H])c([2H])c([2H])c32)nc1-n1c2c([2H])c([2H])c([2H])c([2H])c2c2c([2H])c(C)c([2H])c([2H])c21. The molecule has 0 fully saturated rings. The lowest BCUT2D eigenvalue weighted by molar-refractivity contribution is 0.991. The molecule has 5 nitrogen and oxygen atoms in total. The van der Waals surface area contributed by atoms with Gasteiger partial charge >= 0.3 is 0 Å². The van der Waals surface area contributed by atoms with Gasteiger partial charge in [-0.05, 0) is 61.3 Å². The fourth-order valence-corrected chi connectivity index (χ4v) is 6.44. The third-order valence-corrected chi connectivity index (χ3v) is 8.53. The summed E-state index contributed by atoms with van der Waals surface area (Å²) in [6.45, 7) is 1.31. The van der Waals surface area contributed by atoms with Crippen LogP contribution in [0.2, 0.25) is 0 Å². The van der Waals surface area contributed by atoms with Gasteiger partial charge in [-0.15, -0.1) is 0 Å². The standard InChI is InChI=1S/C47H31N5/c1-30-26-27-44-37(28-30)35-18-6-12-24-42(35)52(44)46-29-45(51-40-22-10-4-16-33(40)34-17-5-11-23-41(34)51)48-47(49-46)36-19-7-13-25-43(36)50-38-20-8-2-14-31(38)32-15-3-9-21-39(32)50/h2-29H,1H3/i2D,3D,4D,5D,6D,7D,8D,9D,10D,11D,12D,13D,14D,15D,16D,17D,18D,19D,20D,21D,22D,23D,24D,25D,26D,27D,28D,29D. The third kappa shape index (κ3) is 4.11. The summed E-state index contributed by atoms with van der Waals surface area (Å²) >= 11 is 0. The molecule has 11 rings (SSSR count). The van der Waals surface area contributed by atoms with Gasteiger partial charge in [-0.1, -0.05) is 114 Å². The van der Waals surface area contributed by atoms with Crippen LogP contribution in [0.15, 0.2) is 169 Å². The number of benzene rings is 7. The van der Waals surface area contributed by atoms with Gasteiger partial charge in [0.1, 0.15) is 11.6 Å². The molecule has 0 radical (unpaired) electrons. The summed E-state index contributed by atoms with van der Waals surface area (Å²) in [5.41, 5.74) is -5.72. The highest BCUT2D eigenvalue weighted by Gasteiger charge is 2.22. The minimum atomic E-state index is -1.10. The Balaban J connectivity index is 1.49. The summed E-state index contributed by atoms with van der Waals surface area (Å²) in [4.78, 5) is 9.34. The number of fused-ring (bicyclic) bond motifs is 9. The number of rotatable bonds is 4. The zero-order valence-corrected chi connectivity index (χ0v) is 26.2. The van der Waals surface area contributed by atoms with Gasteiger partial charge in [0.2, 0.25) is 0 Å². The van der Waals surface area contributed by atoms with Crippen molar-refractivity contribution in [3.63, 3.8) is 0 Å². The molecule has 0 N–H and O–H groups in total. The first-order chi connectivity index (χ1) is 37.4. The van der Waals surface area contributed by atoms with Gasteiger partial charge in [-0.2, -0.15) is 0 Å². The smallest absolute Gasteiger partial charge is 0.166 e. The summed E-state index contributed by atoms with van der Waals surface area (Å²) in [7, 11) is 0. The van der Waals surface area contributed by atoms with Crippen LogP contribution >= 0.6 is 0 Å². The van der Waals surface area contributed by atoms with Crippen LogP contribution < -0.4 is 0 Å². The van der Waals surface area contributed by atoms with Crippen LogP contribution in [0.1, 0.15) is 43.9 Å². The molecule has 0 unspecified atom stereocenters. The van der Waals surface area contributed by atoms with E-state index in [4.69, 9.17) is 24.7 Å². The van der Waals surface area contributed by atoms with E-state index >= 15 is 0 Å². The topological polar surface area (TPSA) is 40.6 Å². The predicted octanol–water partition coefficient (Wildman–Crippen LogP) is 11.7. The Bertz CT molecular complexity index is 4410. The first-order valence-electron chi connectivity index (χ1n) is 29.4. The minimum absolute atomic E-state index is 0.135. The molecule has 0 saturated carbocycles. The summed E-state index contributed by atoms with van der Waals surface area (Å²) in [6.07, 6.45) is 0. The first-order valence-corrected chi connectivity index (χ1v) is 15.4. The lowest BCUT2D eigenvalue weighted by atomic mass is 10.1. The fraction of sp³-hybridized carbons (Fsp3) is 0.0213. The maximum Gasteiger partial charge on any atom is 0.166 e. The van der Waals surface area contributed by atoms with Crippen LogP contribution in [0.3, 0.4) is 0 Å². The fourth-order valence-electron chi connectivity index (χ4n) is 6.44. The minimum Gasteiger partial charge on any atom is -0.309 e. The second-order valence-electron chi connectivity index (χ2n) is 11.4. The van der Waals surface area contributed by atoms with E-state index in [0.29, 0.717) is 0 Å². The second kappa shape index (κ2) is 11.0. The van der Waals surface area contributed by atoms with E-state index < -0.39 is 258 Å². The normalized spacial score (nSPS) is 19.5. The van der Waals surface area contributed by atoms with Crippen molar-refractivity contribution in [2.45, 2.75) is 6.92 Å². The maximum atomic E-state index is 10.2. The van der Waals surface area contributed by atoms with Gasteiger partial charge in [0.15, 0.2) is 5.82 Å². The molecule has 0 bridgehead atoms. The lowest BCUT2D eigenvalue weighted by Gasteiger charge is -2.16. The van der Waals surface area contributed by atoms with Crippen LogP contribution in [0, 0.1) is 6.92 Å². The number of aromatic nitrogens is 5. The summed E-state index contributed by atoms with van der Waals surface area (Å²) in [6, 6.07) is -24.8. The Hall–Kier alpha value is -6.98. The Morgan fingerprint density at radius 3 is 1.27 bits per heavy atom. The molecule has 0 aliphatic carbocycles. The maximum absolute atomic E-state index is 10.2. The van der Waals surface area contributed by atoms with Crippen molar-refractivity contribution >= 4 is 65.4 Å². The molecular weight excluding hydrogens is 635 g/mol. The van der Waals surface area contributed by atoms with Gasteiger partial charge in [-0.3, -0.25) is 9.13 Å². The van der Waals surface area contributed by atoms with Gasteiger partial charge in [0, 0.05) is 43.9 Å². The molecule has 11 aromatic rings. The molecule has 4 heterocycles. The molecule has 5 heteroatoms. The van der Waals surface area contributed by atoms with Gasteiger partial charge in [-0.25, -0.2) is 9.97 Å². The second-order valence-corrected chi connectivity index (χ2v) is 11.4. The highest BCUT2D eigenvalue weighted by Crippen LogP contribution is 2.38. The molecule has 0 amide bonds. The first kappa shape index (κ1) is 12.7. The average Bonchev–Trinajstić information content (AvgIpc) is 4.17. The van der Waals surface area contributed by atoms with E-state index in [1.807, 2.05) is 0 Å². The molecule has 0 saturated heterocycles. The van der Waals surface area contributed by atoms with E-state index in [1.165, 1.54) is 6.92 Å². The Kier molecular flexibility index (Phi) is 2.68. The number of nitrogens with zero attached hydrogens (tertiary/aromatic N) is 5. The zero-order valence-electron chi connectivity index (χ0n) is 54.2. The Morgan fingerprint density at radius 2 is 0.769 bits per heavy atom. The summed E-state index contributed by atoms with van der Waals surface area (Å²) in [5.74, 6) is -2.88. The van der Waals surface area contributed by atoms with Crippen molar-refractivity contribution in [2.75, 3.05) is 0 Å². The van der Waals surface area contributed by atoms with Crippen LogP contribution in [0.4, 0.5) is 0 Å². The summed E-state index contributed by atoms with van der Waals surface area (Å²) in [5, 5.41) is -2.97. The van der Waals surface area contributed by atoms with Crippen molar-refractivity contribution in [3.8, 4) is 28.7 Å². The van der Waals surface area contributed by atoms with E-state index in [2.05, 4.69) is 9.97 Å². The Morgan fingerprint density at radius 1 is 0.385 bits per heavy atom. The van der Waals surface area contributed by atoms with Gasteiger partial charge in [0.25, 0.3) is 0 Å². The molecule has 0 aliphatic heterocycles. The van der Waals surface area contributed by atoms with Crippen molar-refractivity contribution in [1.29, 1.82) is 0 Å². The van der Waals surface area contributed by atoms with Gasteiger partial charge < -0.3 is 4.57 Å². The van der Waals surface area contributed by atoms with Gasteiger partial charge in [0.05, 0.1) is 77.2 Å². The quantitative estimate of drug-likeness (QED) is 0.184. The van der Waals surface area contributed by atoms with Crippen LogP contribution in [-0.2, 0) is 0 Å². The molecule has 244 valence electrons. The average molecular weight is 694 g/mol. The van der Waals surface area contributed by atoms with Crippen molar-refractivity contribution in [2.24, 2.45) is 0 Å². The van der Waals surface area contributed by atoms with E-state index in [1.54, 1.807) is 0 Å².